The molecule has 1 aromatic rings. The molecule has 0 radical (unpaired) electrons. The summed E-state index contributed by atoms with van der Waals surface area (Å²) < 4.78 is 54.0. The maximum atomic E-state index is 13.9. The Morgan fingerprint density at radius 2 is 1.96 bits per heavy atom. The van der Waals surface area contributed by atoms with Crippen LogP contribution in [0.4, 0.5) is 22.4 Å². The molecule has 10 heteroatoms. The number of benzene rings is 1. The molecule has 1 aliphatic rings. The lowest BCUT2D eigenvalue weighted by Gasteiger charge is -2.40. The Labute approximate surface area is 139 Å². The molecular formula is C15H15F4NO5. The predicted molar refractivity (Wildman–Crippen MR) is 75.8 cm³/mol. The van der Waals surface area contributed by atoms with Gasteiger partial charge in [0.2, 0.25) is 0 Å². The number of nitrogens with zero attached hydrogens (tertiary/aromatic N) is 1. The van der Waals surface area contributed by atoms with Crippen LogP contribution in [0.2, 0.25) is 0 Å². The van der Waals surface area contributed by atoms with E-state index in [1.54, 1.807) is 0 Å². The van der Waals surface area contributed by atoms with Crippen molar-refractivity contribution in [2.45, 2.75) is 25.6 Å². The molecule has 0 bridgehead atoms. The van der Waals surface area contributed by atoms with Crippen LogP contribution in [0.1, 0.15) is 24.8 Å². The molecule has 1 fully saturated rings. The summed E-state index contributed by atoms with van der Waals surface area (Å²) in [6.07, 6.45) is -6.35. The van der Waals surface area contributed by atoms with Gasteiger partial charge >= 0.3 is 18.4 Å². The van der Waals surface area contributed by atoms with Crippen LogP contribution < -0.4 is 4.74 Å². The number of carboxylic acid groups (broad SMARTS) is 2. The summed E-state index contributed by atoms with van der Waals surface area (Å²) in [5, 5.41) is 18.5. The summed E-state index contributed by atoms with van der Waals surface area (Å²) in [6.45, 7) is 1.05. The first-order valence-corrected chi connectivity index (χ1v) is 7.18. The third-order valence-corrected chi connectivity index (χ3v) is 4.12. The Morgan fingerprint density at radius 1 is 1.32 bits per heavy atom. The van der Waals surface area contributed by atoms with Crippen LogP contribution in [0.5, 0.6) is 5.75 Å². The number of aliphatic carboxylic acids is 1. The van der Waals surface area contributed by atoms with Gasteiger partial charge in [-0.25, -0.2) is 9.18 Å². The van der Waals surface area contributed by atoms with Crippen molar-refractivity contribution in [1.29, 1.82) is 0 Å². The molecule has 138 valence electrons. The number of ether oxygens (including phenoxy) is 1. The molecule has 1 amide bonds. The molecule has 2 atom stereocenters. The van der Waals surface area contributed by atoms with Crippen molar-refractivity contribution < 1.29 is 42.1 Å². The summed E-state index contributed by atoms with van der Waals surface area (Å²) in [5.41, 5.74) is -1.19. The zero-order valence-corrected chi connectivity index (χ0v) is 13.0. The lowest BCUT2D eigenvalue weighted by atomic mass is 9.74. The van der Waals surface area contributed by atoms with Crippen molar-refractivity contribution in [2.24, 2.45) is 5.41 Å². The monoisotopic (exact) mass is 365 g/mol. The molecule has 2 rings (SSSR count). The van der Waals surface area contributed by atoms with Crippen molar-refractivity contribution in [3.8, 4) is 5.75 Å². The molecule has 0 saturated carbocycles. The molecule has 0 aromatic heterocycles. The Hall–Kier alpha value is -2.52. The van der Waals surface area contributed by atoms with Crippen LogP contribution in [0.3, 0.4) is 0 Å². The summed E-state index contributed by atoms with van der Waals surface area (Å²) in [4.78, 5) is 23.6. The SMILES string of the molecule is CC1(C(=O)O)CC(c2ccc(OC(F)(F)F)c(F)c2)CN(C(=O)O)C1. The van der Waals surface area contributed by atoms with Crippen molar-refractivity contribution >= 4 is 12.1 Å². The standard InChI is InChI=1S/C15H15F4NO5/c1-14(12(21)22)5-9(6-20(7-14)13(23)24)8-2-3-11(10(16)4-8)25-15(17,18)19/h2-4,9H,5-7H2,1H3,(H,21,22)(H,23,24). The number of likely N-dealkylation sites (tertiary alicyclic amines) is 1. The minimum absolute atomic E-state index is 0.0189. The lowest BCUT2D eigenvalue weighted by Crippen LogP contribution is -2.50. The number of amides is 1. The van der Waals surface area contributed by atoms with E-state index >= 15 is 0 Å². The van der Waals surface area contributed by atoms with Crippen LogP contribution in [0.15, 0.2) is 18.2 Å². The maximum absolute atomic E-state index is 13.9. The van der Waals surface area contributed by atoms with Crippen LogP contribution >= 0.6 is 0 Å². The van der Waals surface area contributed by atoms with Gasteiger partial charge in [0.05, 0.1) is 5.41 Å². The highest BCUT2D eigenvalue weighted by atomic mass is 19.4. The van der Waals surface area contributed by atoms with Gasteiger partial charge in [-0.15, -0.1) is 13.2 Å². The fraction of sp³-hybridized carbons (Fsp3) is 0.467. The zero-order valence-electron chi connectivity index (χ0n) is 13.0. The Balaban J connectivity index is 2.31. The molecule has 2 N–H and O–H groups in total. The highest BCUT2D eigenvalue weighted by Gasteiger charge is 2.44. The minimum Gasteiger partial charge on any atom is -0.481 e. The number of hydrogen-bond acceptors (Lipinski definition) is 3. The van der Waals surface area contributed by atoms with Gasteiger partial charge in [0.1, 0.15) is 0 Å². The second-order valence-corrected chi connectivity index (χ2v) is 6.17. The van der Waals surface area contributed by atoms with Crippen molar-refractivity contribution in [1.82, 2.24) is 4.90 Å². The third kappa shape index (κ3) is 4.31. The topological polar surface area (TPSA) is 87.1 Å². The van der Waals surface area contributed by atoms with E-state index in [1.807, 2.05) is 0 Å². The second kappa shape index (κ2) is 6.41. The molecule has 0 aliphatic carbocycles. The molecule has 1 heterocycles. The maximum Gasteiger partial charge on any atom is 0.573 e. The smallest absolute Gasteiger partial charge is 0.481 e. The van der Waals surface area contributed by atoms with E-state index < -0.39 is 41.3 Å². The average molecular weight is 365 g/mol. The number of hydrogen-bond donors (Lipinski definition) is 2. The van der Waals surface area contributed by atoms with Crippen molar-refractivity contribution in [2.75, 3.05) is 13.1 Å². The summed E-state index contributed by atoms with van der Waals surface area (Å²) >= 11 is 0. The van der Waals surface area contributed by atoms with Gasteiger partial charge in [-0.1, -0.05) is 6.07 Å². The van der Waals surface area contributed by atoms with Gasteiger partial charge in [-0.05, 0) is 31.0 Å². The molecule has 1 aliphatic heterocycles. The summed E-state index contributed by atoms with van der Waals surface area (Å²) in [7, 11) is 0. The largest absolute Gasteiger partial charge is 0.573 e. The molecule has 2 unspecified atom stereocenters. The second-order valence-electron chi connectivity index (χ2n) is 6.17. The fourth-order valence-corrected chi connectivity index (χ4v) is 2.93. The number of piperidine rings is 1. The third-order valence-electron chi connectivity index (χ3n) is 4.12. The molecule has 1 saturated heterocycles. The number of alkyl halides is 3. The van der Waals surface area contributed by atoms with Gasteiger partial charge in [-0.3, -0.25) is 4.79 Å². The van der Waals surface area contributed by atoms with Gasteiger partial charge in [0.25, 0.3) is 0 Å². The summed E-state index contributed by atoms with van der Waals surface area (Å²) in [5.74, 6) is -4.16. The van der Waals surface area contributed by atoms with E-state index in [1.165, 1.54) is 13.0 Å². The first-order valence-electron chi connectivity index (χ1n) is 7.18. The molecule has 1 aromatic carbocycles. The Morgan fingerprint density at radius 3 is 2.44 bits per heavy atom. The highest BCUT2D eigenvalue weighted by Crippen LogP contribution is 2.39. The van der Waals surface area contributed by atoms with Crippen LogP contribution in [-0.2, 0) is 4.79 Å². The van der Waals surface area contributed by atoms with E-state index in [9.17, 15) is 32.3 Å². The Bertz CT molecular complexity index is 693. The van der Waals surface area contributed by atoms with Gasteiger partial charge < -0.3 is 19.8 Å². The number of rotatable bonds is 3. The number of halogens is 4. The van der Waals surface area contributed by atoms with Crippen LogP contribution in [0.25, 0.3) is 0 Å². The van der Waals surface area contributed by atoms with E-state index in [0.717, 1.165) is 17.0 Å². The first-order chi connectivity index (χ1) is 11.4. The molecule has 6 nitrogen and oxygen atoms in total. The quantitative estimate of drug-likeness (QED) is 0.803. The molecule has 25 heavy (non-hydrogen) atoms. The highest BCUT2D eigenvalue weighted by molar-refractivity contribution is 5.76. The summed E-state index contributed by atoms with van der Waals surface area (Å²) in [6, 6.07) is 2.76. The minimum atomic E-state index is -5.05. The van der Waals surface area contributed by atoms with Crippen molar-refractivity contribution in [3.63, 3.8) is 0 Å². The van der Waals surface area contributed by atoms with Gasteiger partial charge in [-0.2, -0.15) is 0 Å². The lowest BCUT2D eigenvalue weighted by molar-refractivity contribution is -0.275. The van der Waals surface area contributed by atoms with E-state index in [4.69, 9.17) is 5.11 Å². The van der Waals surface area contributed by atoms with Crippen LogP contribution in [-0.4, -0.2) is 46.6 Å². The van der Waals surface area contributed by atoms with E-state index in [-0.39, 0.29) is 25.1 Å². The number of carboxylic acids is 1. The van der Waals surface area contributed by atoms with Gasteiger partial charge in [0.15, 0.2) is 11.6 Å². The van der Waals surface area contributed by atoms with Crippen LogP contribution in [0, 0.1) is 11.2 Å². The average Bonchev–Trinajstić information content (AvgIpc) is 2.47. The van der Waals surface area contributed by atoms with E-state index in [2.05, 4.69) is 4.74 Å². The number of carbonyl (C=O) groups is 2. The normalized spacial score (nSPS) is 24.0. The predicted octanol–water partition coefficient (Wildman–Crippen LogP) is 3.28. The molecule has 0 spiro atoms. The molecular weight excluding hydrogens is 350 g/mol. The van der Waals surface area contributed by atoms with Crippen molar-refractivity contribution in [3.05, 3.63) is 29.6 Å². The Kier molecular flexibility index (Phi) is 4.83. The zero-order chi connectivity index (χ0) is 19.0. The first kappa shape index (κ1) is 18.8. The fourth-order valence-electron chi connectivity index (χ4n) is 2.93. The van der Waals surface area contributed by atoms with Gasteiger partial charge in [0, 0.05) is 19.0 Å². The van der Waals surface area contributed by atoms with E-state index in [0.29, 0.717) is 0 Å².